The van der Waals surface area contributed by atoms with Gasteiger partial charge in [-0.25, -0.2) is 8.42 Å². The van der Waals surface area contributed by atoms with Gasteiger partial charge in [0.2, 0.25) is 15.9 Å². The minimum atomic E-state index is -3.32. The van der Waals surface area contributed by atoms with E-state index < -0.39 is 16.1 Å². The lowest BCUT2D eigenvalue weighted by Gasteiger charge is -2.35. The molecule has 0 aromatic heterocycles. The van der Waals surface area contributed by atoms with Crippen molar-refractivity contribution in [1.29, 1.82) is 0 Å². The monoisotopic (exact) mass is 303 g/mol. The first-order valence-corrected chi connectivity index (χ1v) is 9.10. The predicted molar refractivity (Wildman–Crippen MR) is 77.6 cm³/mol. The molecule has 2 rings (SSSR count). The molecule has 0 aromatic rings. The Kier molecular flexibility index (Phi) is 5.04. The summed E-state index contributed by atoms with van der Waals surface area (Å²) >= 11 is 0. The lowest BCUT2D eigenvalue weighted by molar-refractivity contribution is -0.135. The van der Waals surface area contributed by atoms with Crippen LogP contribution in [0.1, 0.15) is 39.0 Å². The third-order valence-corrected chi connectivity index (χ3v) is 6.17. The van der Waals surface area contributed by atoms with Gasteiger partial charge >= 0.3 is 0 Å². The second kappa shape index (κ2) is 6.41. The maximum Gasteiger partial charge on any atom is 0.241 e. The summed E-state index contributed by atoms with van der Waals surface area (Å²) in [6.45, 7) is 3.52. The fraction of sp³-hybridized carbons (Fsp3) is 0.923. The third-order valence-electron chi connectivity index (χ3n) is 4.09. The first-order valence-electron chi connectivity index (χ1n) is 7.49. The van der Waals surface area contributed by atoms with Crippen LogP contribution in [-0.2, 0) is 14.8 Å². The smallest absolute Gasteiger partial charge is 0.241 e. The SMILES string of the molecule is CCCS(=O)(=O)N1CCCCC1C(=O)N1CC[C@@H](N)C1. The third kappa shape index (κ3) is 3.32. The topological polar surface area (TPSA) is 83.7 Å². The van der Waals surface area contributed by atoms with Crippen molar-refractivity contribution in [2.45, 2.75) is 51.1 Å². The molecule has 0 radical (unpaired) electrons. The van der Waals surface area contributed by atoms with Gasteiger partial charge in [0.25, 0.3) is 0 Å². The lowest BCUT2D eigenvalue weighted by Crippen LogP contribution is -2.53. The fourth-order valence-electron chi connectivity index (χ4n) is 3.06. The molecular formula is C13H25N3O3S. The Labute approximate surface area is 121 Å². The molecule has 2 N–H and O–H groups in total. The first-order chi connectivity index (χ1) is 9.45. The van der Waals surface area contributed by atoms with Crippen molar-refractivity contribution >= 4 is 15.9 Å². The number of carbonyl (C=O) groups is 1. The fourth-order valence-corrected chi connectivity index (χ4v) is 4.80. The van der Waals surface area contributed by atoms with E-state index in [0.717, 1.165) is 19.3 Å². The van der Waals surface area contributed by atoms with Gasteiger partial charge in [0, 0.05) is 25.7 Å². The highest BCUT2D eigenvalue weighted by atomic mass is 32.2. The van der Waals surface area contributed by atoms with Gasteiger partial charge in [0.05, 0.1) is 5.75 Å². The molecule has 2 fully saturated rings. The van der Waals surface area contributed by atoms with Gasteiger partial charge < -0.3 is 10.6 Å². The number of rotatable bonds is 4. The number of nitrogens with zero attached hydrogens (tertiary/aromatic N) is 2. The zero-order valence-corrected chi connectivity index (χ0v) is 12.9. The largest absolute Gasteiger partial charge is 0.340 e. The quantitative estimate of drug-likeness (QED) is 0.801. The zero-order chi connectivity index (χ0) is 14.8. The van der Waals surface area contributed by atoms with Crippen LogP contribution in [-0.4, -0.2) is 61.0 Å². The molecule has 2 heterocycles. The van der Waals surface area contributed by atoms with Crippen LogP contribution in [0, 0.1) is 0 Å². The molecule has 116 valence electrons. The number of likely N-dealkylation sites (tertiary alicyclic amines) is 1. The summed E-state index contributed by atoms with van der Waals surface area (Å²) in [5.74, 6) is 0.0633. The Morgan fingerprint density at radius 1 is 1.25 bits per heavy atom. The van der Waals surface area contributed by atoms with Gasteiger partial charge in [0.15, 0.2) is 0 Å². The molecule has 0 aromatic carbocycles. The standard InChI is InChI=1S/C13H25N3O3S/c1-2-9-20(18,19)16-7-4-3-5-12(16)13(17)15-8-6-11(14)10-15/h11-12H,2-10,14H2,1H3/t11-,12?/m1/s1. The Morgan fingerprint density at radius 2 is 2.00 bits per heavy atom. The van der Waals surface area contributed by atoms with Crippen molar-refractivity contribution in [1.82, 2.24) is 9.21 Å². The number of hydrogen-bond donors (Lipinski definition) is 1. The second-order valence-electron chi connectivity index (χ2n) is 5.77. The van der Waals surface area contributed by atoms with E-state index in [4.69, 9.17) is 5.73 Å². The molecule has 0 saturated carbocycles. The van der Waals surface area contributed by atoms with Gasteiger partial charge in [-0.2, -0.15) is 4.31 Å². The Balaban J connectivity index is 2.12. The van der Waals surface area contributed by atoms with Gasteiger partial charge in [-0.15, -0.1) is 0 Å². The highest BCUT2D eigenvalue weighted by Gasteiger charge is 2.39. The van der Waals surface area contributed by atoms with Crippen molar-refractivity contribution in [3.63, 3.8) is 0 Å². The molecule has 20 heavy (non-hydrogen) atoms. The van der Waals surface area contributed by atoms with E-state index in [1.54, 1.807) is 4.90 Å². The van der Waals surface area contributed by atoms with Gasteiger partial charge in [-0.1, -0.05) is 13.3 Å². The molecule has 6 nitrogen and oxygen atoms in total. The van der Waals surface area contributed by atoms with Crippen LogP contribution in [0.25, 0.3) is 0 Å². The summed E-state index contributed by atoms with van der Waals surface area (Å²) in [5, 5.41) is 0. The average Bonchev–Trinajstić information content (AvgIpc) is 2.84. The van der Waals surface area contributed by atoms with Crippen LogP contribution in [0.15, 0.2) is 0 Å². The molecule has 2 saturated heterocycles. The van der Waals surface area contributed by atoms with Crippen LogP contribution in [0.4, 0.5) is 0 Å². The summed E-state index contributed by atoms with van der Waals surface area (Å²) < 4.78 is 26.1. The molecule has 1 amide bonds. The molecule has 7 heteroatoms. The average molecular weight is 303 g/mol. The minimum absolute atomic E-state index is 0.0308. The molecule has 0 aliphatic carbocycles. The molecule has 1 unspecified atom stereocenters. The summed E-state index contributed by atoms with van der Waals surface area (Å²) in [6.07, 6.45) is 3.77. The summed E-state index contributed by atoms with van der Waals surface area (Å²) in [5.41, 5.74) is 5.83. The Bertz CT molecular complexity index is 452. The number of hydrogen-bond acceptors (Lipinski definition) is 4. The van der Waals surface area contributed by atoms with Crippen LogP contribution < -0.4 is 5.73 Å². The van der Waals surface area contributed by atoms with E-state index >= 15 is 0 Å². The number of carbonyl (C=O) groups excluding carboxylic acids is 1. The molecule has 2 aliphatic heterocycles. The second-order valence-corrected chi connectivity index (χ2v) is 7.81. The van der Waals surface area contributed by atoms with Gasteiger partial charge in [-0.05, 0) is 25.7 Å². The van der Waals surface area contributed by atoms with Crippen LogP contribution in [0.5, 0.6) is 0 Å². The van der Waals surface area contributed by atoms with Gasteiger partial charge in [0.1, 0.15) is 6.04 Å². The van der Waals surface area contributed by atoms with E-state index in [-0.39, 0.29) is 17.7 Å². The van der Waals surface area contributed by atoms with Crippen molar-refractivity contribution in [3.8, 4) is 0 Å². The number of nitrogens with two attached hydrogens (primary N) is 1. The molecule has 0 spiro atoms. The van der Waals surface area contributed by atoms with E-state index in [9.17, 15) is 13.2 Å². The highest BCUT2D eigenvalue weighted by molar-refractivity contribution is 7.89. The molecule has 2 aliphatic rings. The first kappa shape index (κ1) is 15.7. The van der Waals surface area contributed by atoms with Crippen LogP contribution in [0.2, 0.25) is 0 Å². The Hall–Kier alpha value is -0.660. The Morgan fingerprint density at radius 3 is 2.60 bits per heavy atom. The predicted octanol–water partition coefficient (Wildman–Crippen LogP) is 0.140. The summed E-state index contributed by atoms with van der Waals surface area (Å²) in [7, 11) is -3.32. The number of amides is 1. The zero-order valence-electron chi connectivity index (χ0n) is 12.1. The van der Waals surface area contributed by atoms with Crippen molar-refractivity contribution in [3.05, 3.63) is 0 Å². The maximum atomic E-state index is 12.6. The van der Waals surface area contributed by atoms with Crippen LogP contribution in [0.3, 0.4) is 0 Å². The molecule has 0 bridgehead atoms. The summed E-state index contributed by atoms with van der Waals surface area (Å²) in [4.78, 5) is 14.3. The van der Waals surface area contributed by atoms with E-state index in [1.165, 1.54) is 4.31 Å². The normalized spacial score (nSPS) is 28.8. The number of piperidine rings is 1. The molecular weight excluding hydrogens is 278 g/mol. The minimum Gasteiger partial charge on any atom is -0.340 e. The lowest BCUT2D eigenvalue weighted by atomic mass is 10.0. The van der Waals surface area contributed by atoms with E-state index in [0.29, 0.717) is 32.5 Å². The molecule has 2 atom stereocenters. The van der Waals surface area contributed by atoms with Crippen molar-refractivity contribution in [2.75, 3.05) is 25.4 Å². The van der Waals surface area contributed by atoms with E-state index in [1.807, 2.05) is 6.92 Å². The maximum absolute atomic E-state index is 12.6. The van der Waals surface area contributed by atoms with Crippen molar-refractivity contribution in [2.24, 2.45) is 5.73 Å². The highest BCUT2D eigenvalue weighted by Crippen LogP contribution is 2.24. The van der Waals surface area contributed by atoms with E-state index in [2.05, 4.69) is 0 Å². The summed E-state index contributed by atoms with van der Waals surface area (Å²) in [6, 6.07) is -0.478. The number of sulfonamides is 1. The van der Waals surface area contributed by atoms with Crippen LogP contribution >= 0.6 is 0 Å². The van der Waals surface area contributed by atoms with Gasteiger partial charge in [-0.3, -0.25) is 4.79 Å². The van der Waals surface area contributed by atoms with Crippen molar-refractivity contribution < 1.29 is 13.2 Å².